The molecule has 0 saturated carbocycles. The molecule has 2 aromatic carbocycles. The molecule has 0 fully saturated rings. The fourth-order valence-corrected chi connectivity index (χ4v) is 2.46. The van der Waals surface area contributed by atoms with Crippen LogP contribution in [-0.4, -0.2) is 33.6 Å². The number of anilines is 1. The van der Waals surface area contributed by atoms with Gasteiger partial charge >= 0.3 is 0 Å². The molecule has 2 N–H and O–H groups in total. The fourth-order valence-electron chi connectivity index (χ4n) is 2.46. The summed E-state index contributed by atoms with van der Waals surface area (Å²) in [6.07, 6.45) is 2.14. The summed E-state index contributed by atoms with van der Waals surface area (Å²) in [5.74, 6) is 0.849. The van der Waals surface area contributed by atoms with Crippen LogP contribution in [0.25, 0.3) is 0 Å². The standard InChI is InChI=1S/C20H28N4/c1-21-20(23-16-18-8-5-4-6-9-18)22-15-7-10-17-11-13-19(14-12-17)24(2)3/h4-6,8-9,11-14H,7,10,15-16H2,1-3H3,(H2,21,22,23). The third-order valence-corrected chi connectivity index (χ3v) is 3.91. The Bertz CT molecular complexity index is 618. The van der Waals surface area contributed by atoms with Crippen LogP contribution in [-0.2, 0) is 13.0 Å². The van der Waals surface area contributed by atoms with E-state index >= 15 is 0 Å². The highest BCUT2D eigenvalue weighted by atomic mass is 15.2. The summed E-state index contributed by atoms with van der Waals surface area (Å²) in [6.45, 7) is 1.69. The second kappa shape index (κ2) is 9.60. The monoisotopic (exact) mass is 324 g/mol. The maximum atomic E-state index is 4.27. The SMILES string of the molecule is CN=C(NCCCc1ccc(N(C)C)cc1)NCc1ccccc1. The normalized spacial score (nSPS) is 11.2. The number of nitrogens with one attached hydrogen (secondary N) is 2. The Labute approximate surface area is 145 Å². The van der Waals surface area contributed by atoms with Gasteiger partial charge in [-0.25, -0.2) is 0 Å². The van der Waals surface area contributed by atoms with Gasteiger partial charge in [-0.2, -0.15) is 0 Å². The number of hydrogen-bond acceptors (Lipinski definition) is 2. The average Bonchev–Trinajstić information content (AvgIpc) is 2.62. The minimum absolute atomic E-state index is 0.784. The fraction of sp³-hybridized carbons (Fsp3) is 0.350. The number of benzene rings is 2. The van der Waals surface area contributed by atoms with Crippen LogP contribution in [0.1, 0.15) is 17.5 Å². The van der Waals surface area contributed by atoms with Crippen molar-refractivity contribution in [1.29, 1.82) is 0 Å². The molecular weight excluding hydrogens is 296 g/mol. The molecule has 0 aliphatic carbocycles. The molecular formula is C20H28N4. The van der Waals surface area contributed by atoms with Crippen molar-refractivity contribution in [2.24, 2.45) is 4.99 Å². The Morgan fingerprint density at radius 3 is 2.25 bits per heavy atom. The molecule has 4 nitrogen and oxygen atoms in total. The van der Waals surface area contributed by atoms with Gasteiger partial charge in [-0.15, -0.1) is 0 Å². The molecule has 0 bridgehead atoms. The zero-order valence-electron chi connectivity index (χ0n) is 14.9. The highest BCUT2D eigenvalue weighted by Crippen LogP contribution is 2.13. The predicted molar refractivity (Wildman–Crippen MR) is 104 cm³/mol. The van der Waals surface area contributed by atoms with Gasteiger partial charge in [0.15, 0.2) is 5.96 Å². The third-order valence-electron chi connectivity index (χ3n) is 3.91. The van der Waals surface area contributed by atoms with E-state index in [1.54, 1.807) is 7.05 Å². The van der Waals surface area contributed by atoms with Crippen molar-refractivity contribution >= 4 is 11.6 Å². The molecule has 2 aromatic rings. The number of guanidine groups is 1. The summed E-state index contributed by atoms with van der Waals surface area (Å²) in [5.41, 5.74) is 3.86. The molecule has 24 heavy (non-hydrogen) atoms. The van der Waals surface area contributed by atoms with Crippen LogP contribution in [0, 0.1) is 0 Å². The van der Waals surface area contributed by atoms with Crippen LogP contribution in [0.2, 0.25) is 0 Å². The van der Waals surface area contributed by atoms with E-state index in [1.165, 1.54) is 16.8 Å². The summed E-state index contributed by atoms with van der Waals surface area (Å²) in [7, 11) is 5.93. The first kappa shape index (κ1) is 17.9. The number of aryl methyl sites for hydroxylation is 1. The predicted octanol–water partition coefficient (Wildman–Crippen LogP) is 3.05. The van der Waals surface area contributed by atoms with Crippen molar-refractivity contribution < 1.29 is 0 Å². The molecule has 0 aliphatic heterocycles. The third kappa shape index (κ3) is 5.95. The minimum atomic E-state index is 0.784. The van der Waals surface area contributed by atoms with Crippen LogP contribution in [0.15, 0.2) is 59.6 Å². The van der Waals surface area contributed by atoms with Crippen molar-refractivity contribution in [3.8, 4) is 0 Å². The highest BCUT2D eigenvalue weighted by Gasteiger charge is 1.99. The highest BCUT2D eigenvalue weighted by molar-refractivity contribution is 5.79. The molecule has 0 atom stereocenters. The van der Waals surface area contributed by atoms with Crippen molar-refractivity contribution in [1.82, 2.24) is 10.6 Å². The van der Waals surface area contributed by atoms with Gasteiger partial charge in [0.2, 0.25) is 0 Å². The van der Waals surface area contributed by atoms with Crippen molar-refractivity contribution in [2.75, 3.05) is 32.6 Å². The van der Waals surface area contributed by atoms with E-state index in [0.717, 1.165) is 31.9 Å². The summed E-state index contributed by atoms with van der Waals surface area (Å²) < 4.78 is 0. The summed E-state index contributed by atoms with van der Waals surface area (Å²) >= 11 is 0. The van der Waals surface area contributed by atoms with E-state index in [2.05, 4.69) is 83.2 Å². The first-order valence-electron chi connectivity index (χ1n) is 8.44. The van der Waals surface area contributed by atoms with Gasteiger partial charge < -0.3 is 15.5 Å². The van der Waals surface area contributed by atoms with Gasteiger partial charge in [-0.1, -0.05) is 42.5 Å². The summed E-state index contributed by atoms with van der Waals surface area (Å²) in [6, 6.07) is 19.1. The number of rotatable bonds is 7. The number of aliphatic imine (C=N–C) groups is 1. The molecule has 4 heteroatoms. The van der Waals surface area contributed by atoms with Crippen molar-refractivity contribution in [3.63, 3.8) is 0 Å². The smallest absolute Gasteiger partial charge is 0.191 e. The zero-order valence-corrected chi connectivity index (χ0v) is 14.9. The molecule has 128 valence electrons. The zero-order chi connectivity index (χ0) is 17.2. The lowest BCUT2D eigenvalue weighted by Crippen LogP contribution is -2.37. The summed E-state index contributed by atoms with van der Waals surface area (Å²) in [5, 5.41) is 6.71. The second-order valence-electron chi connectivity index (χ2n) is 6.00. The lowest BCUT2D eigenvalue weighted by Gasteiger charge is -2.13. The lowest BCUT2D eigenvalue weighted by molar-refractivity contribution is 0.742. The molecule has 0 aliphatic rings. The average molecular weight is 324 g/mol. The van der Waals surface area contributed by atoms with Crippen molar-refractivity contribution in [3.05, 3.63) is 65.7 Å². The van der Waals surface area contributed by atoms with Gasteiger partial charge in [-0.3, -0.25) is 4.99 Å². The van der Waals surface area contributed by atoms with Gasteiger partial charge in [0.1, 0.15) is 0 Å². The second-order valence-corrected chi connectivity index (χ2v) is 6.00. The first-order valence-corrected chi connectivity index (χ1v) is 8.44. The largest absolute Gasteiger partial charge is 0.378 e. The Hall–Kier alpha value is -2.49. The molecule has 0 aromatic heterocycles. The summed E-state index contributed by atoms with van der Waals surface area (Å²) in [4.78, 5) is 6.39. The van der Waals surface area contributed by atoms with Crippen LogP contribution < -0.4 is 15.5 Å². The van der Waals surface area contributed by atoms with E-state index in [1.807, 2.05) is 6.07 Å². The molecule has 2 rings (SSSR count). The minimum Gasteiger partial charge on any atom is -0.378 e. The maximum Gasteiger partial charge on any atom is 0.191 e. The van der Waals surface area contributed by atoms with Gasteiger partial charge in [0, 0.05) is 39.9 Å². The van der Waals surface area contributed by atoms with Crippen LogP contribution in [0.5, 0.6) is 0 Å². The van der Waals surface area contributed by atoms with Crippen LogP contribution in [0.3, 0.4) is 0 Å². The molecule has 0 radical (unpaired) electrons. The molecule has 0 unspecified atom stereocenters. The van der Waals surface area contributed by atoms with E-state index in [0.29, 0.717) is 0 Å². The first-order chi connectivity index (χ1) is 11.7. The molecule has 0 spiro atoms. The van der Waals surface area contributed by atoms with Crippen LogP contribution in [0.4, 0.5) is 5.69 Å². The van der Waals surface area contributed by atoms with E-state index in [4.69, 9.17) is 0 Å². The van der Waals surface area contributed by atoms with E-state index in [9.17, 15) is 0 Å². The van der Waals surface area contributed by atoms with Crippen LogP contribution >= 0.6 is 0 Å². The van der Waals surface area contributed by atoms with Gasteiger partial charge in [0.25, 0.3) is 0 Å². The lowest BCUT2D eigenvalue weighted by atomic mass is 10.1. The molecule has 0 amide bonds. The van der Waals surface area contributed by atoms with Gasteiger partial charge in [-0.05, 0) is 36.1 Å². The van der Waals surface area contributed by atoms with E-state index in [-0.39, 0.29) is 0 Å². The van der Waals surface area contributed by atoms with Crippen molar-refractivity contribution in [2.45, 2.75) is 19.4 Å². The molecule has 0 saturated heterocycles. The Morgan fingerprint density at radius 1 is 0.917 bits per heavy atom. The van der Waals surface area contributed by atoms with E-state index < -0.39 is 0 Å². The number of nitrogens with zero attached hydrogens (tertiary/aromatic N) is 2. The quantitative estimate of drug-likeness (QED) is 0.467. The van der Waals surface area contributed by atoms with Gasteiger partial charge in [0.05, 0.1) is 0 Å². The Morgan fingerprint density at radius 2 is 1.62 bits per heavy atom. The number of hydrogen-bond donors (Lipinski definition) is 2. The Kier molecular flexibility index (Phi) is 7.15. The Balaban J connectivity index is 1.68. The topological polar surface area (TPSA) is 39.7 Å². The maximum absolute atomic E-state index is 4.27. The molecule has 0 heterocycles.